The van der Waals surface area contributed by atoms with Gasteiger partial charge in [0.2, 0.25) is 0 Å². The van der Waals surface area contributed by atoms with Gasteiger partial charge in [-0.15, -0.1) is 16.8 Å². The third kappa shape index (κ3) is 3.59. The summed E-state index contributed by atoms with van der Waals surface area (Å²) in [6.45, 7) is 4.89. The largest absolute Gasteiger partial charge is 0.419 e. The molecule has 0 bridgehead atoms. The monoisotopic (exact) mass is 401 g/mol. The second-order valence-electron chi connectivity index (χ2n) is 6.65. The Hall–Kier alpha value is -2.88. The van der Waals surface area contributed by atoms with E-state index in [1.807, 2.05) is 6.08 Å². The topological polar surface area (TPSA) is 109 Å². The smallest absolute Gasteiger partial charge is 0.408 e. The summed E-state index contributed by atoms with van der Waals surface area (Å²) in [4.78, 5) is 22.6. The number of benzene rings is 1. The lowest BCUT2D eigenvalue weighted by Crippen LogP contribution is -2.14. The minimum Gasteiger partial charge on any atom is -0.408 e. The predicted octanol–water partition coefficient (Wildman–Crippen LogP) is 3.34. The van der Waals surface area contributed by atoms with E-state index in [4.69, 9.17) is 4.42 Å². The van der Waals surface area contributed by atoms with Gasteiger partial charge >= 0.3 is 5.76 Å². The Bertz CT molecular complexity index is 1100. The van der Waals surface area contributed by atoms with Crippen LogP contribution < -0.4 is 5.76 Å². The molecule has 0 aliphatic heterocycles. The molecule has 1 aliphatic carbocycles. The van der Waals surface area contributed by atoms with E-state index in [2.05, 4.69) is 21.3 Å². The van der Waals surface area contributed by atoms with Crippen LogP contribution in [0.3, 0.4) is 0 Å². The quantitative estimate of drug-likeness (QED) is 0.178. The number of rotatable bonds is 9. The molecule has 9 nitrogen and oxygen atoms in total. The summed E-state index contributed by atoms with van der Waals surface area (Å²) in [5.41, 5.74) is 0.722. The Morgan fingerprint density at radius 2 is 2.18 bits per heavy atom. The zero-order valence-corrected chi connectivity index (χ0v) is 15.9. The number of nitro benzene ring substituents is 1. The maximum atomic E-state index is 12.1. The number of aromatic nitrogens is 4. The first-order chi connectivity index (χ1) is 13.6. The van der Waals surface area contributed by atoms with Gasteiger partial charge in [0.05, 0.1) is 10.4 Å². The summed E-state index contributed by atoms with van der Waals surface area (Å²) in [5.74, 6) is 1.75. The minimum absolute atomic E-state index is 0.0680. The van der Waals surface area contributed by atoms with Crippen LogP contribution in [-0.2, 0) is 13.1 Å². The highest BCUT2D eigenvalue weighted by atomic mass is 32.2. The fourth-order valence-electron chi connectivity index (χ4n) is 3.11. The molecule has 1 aromatic carbocycles. The van der Waals surface area contributed by atoms with Gasteiger partial charge in [0.15, 0.2) is 10.7 Å². The van der Waals surface area contributed by atoms with Crippen LogP contribution in [0.2, 0.25) is 0 Å². The summed E-state index contributed by atoms with van der Waals surface area (Å²) >= 11 is 1.58. The van der Waals surface area contributed by atoms with Crippen molar-refractivity contribution in [3.8, 4) is 0 Å². The van der Waals surface area contributed by atoms with Crippen molar-refractivity contribution >= 4 is 28.5 Å². The standard InChI is InChI=1S/C18H19N5O4S/c1-2-8-22-16(12-4-5-12)19-20-17(22)28-10-3-9-21-14-11-13(23(25)26)6-7-15(14)27-18(21)24/h2,6-7,11-12H,1,3-5,8-10H2. The molecule has 4 rings (SSSR count). The van der Waals surface area contributed by atoms with Gasteiger partial charge in [0.25, 0.3) is 5.69 Å². The number of hydrogen-bond donors (Lipinski definition) is 0. The molecule has 10 heteroatoms. The summed E-state index contributed by atoms with van der Waals surface area (Å²) in [5, 5.41) is 20.4. The first kappa shape index (κ1) is 18.5. The fraction of sp³-hybridized carbons (Fsp3) is 0.389. The number of fused-ring (bicyclic) bond motifs is 1. The van der Waals surface area contributed by atoms with Crippen molar-refractivity contribution in [3.05, 3.63) is 57.3 Å². The van der Waals surface area contributed by atoms with Gasteiger partial charge in [-0.05, 0) is 25.3 Å². The van der Waals surface area contributed by atoms with E-state index >= 15 is 0 Å². The van der Waals surface area contributed by atoms with Gasteiger partial charge in [0.1, 0.15) is 5.82 Å². The van der Waals surface area contributed by atoms with Crippen LogP contribution in [0.1, 0.15) is 31.0 Å². The summed E-state index contributed by atoms with van der Waals surface area (Å²) in [6.07, 6.45) is 4.83. The zero-order valence-electron chi connectivity index (χ0n) is 15.1. The minimum atomic E-state index is -0.508. The first-order valence-corrected chi connectivity index (χ1v) is 10.0. The molecule has 1 fully saturated rings. The number of nitro groups is 1. The Balaban J connectivity index is 1.44. The van der Waals surface area contributed by atoms with Crippen molar-refractivity contribution in [2.75, 3.05) is 5.75 Å². The van der Waals surface area contributed by atoms with E-state index in [1.54, 1.807) is 11.8 Å². The second-order valence-corrected chi connectivity index (χ2v) is 7.71. The van der Waals surface area contributed by atoms with E-state index in [0.29, 0.717) is 36.5 Å². The van der Waals surface area contributed by atoms with E-state index < -0.39 is 10.7 Å². The lowest BCUT2D eigenvalue weighted by Gasteiger charge is -2.07. The predicted molar refractivity (Wildman–Crippen MR) is 105 cm³/mol. The van der Waals surface area contributed by atoms with Gasteiger partial charge in [-0.25, -0.2) is 4.79 Å². The van der Waals surface area contributed by atoms with E-state index in [1.165, 1.54) is 22.8 Å². The number of hydrogen-bond acceptors (Lipinski definition) is 7. The number of non-ortho nitro benzene ring substituents is 1. The Kier molecular flexibility index (Phi) is 5.03. The molecule has 0 atom stereocenters. The van der Waals surface area contributed by atoms with Gasteiger partial charge in [-0.3, -0.25) is 14.7 Å². The maximum Gasteiger partial charge on any atom is 0.419 e. The molecule has 0 unspecified atom stereocenters. The second kappa shape index (κ2) is 7.63. The van der Waals surface area contributed by atoms with E-state index in [0.717, 1.165) is 29.6 Å². The van der Waals surface area contributed by atoms with Crippen LogP contribution in [0.25, 0.3) is 11.1 Å². The third-order valence-electron chi connectivity index (χ3n) is 4.62. The zero-order chi connectivity index (χ0) is 19.7. The number of allylic oxidation sites excluding steroid dienone is 1. The SMILES string of the molecule is C=CCn1c(SCCCn2c(=O)oc3ccc([N+](=O)[O-])cc32)nnc1C1CC1. The van der Waals surface area contributed by atoms with Gasteiger partial charge in [-0.1, -0.05) is 17.8 Å². The van der Waals surface area contributed by atoms with E-state index in [-0.39, 0.29) is 5.69 Å². The highest BCUT2D eigenvalue weighted by molar-refractivity contribution is 7.99. The molecule has 0 amide bonds. The molecule has 28 heavy (non-hydrogen) atoms. The fourth-order valence-corrected chi connectivity index (χ4v) is 3.99. The molecule has 2 aromatic heterocycles. The van der Waals surface area contributed by atoms with Crippen LogP contribution >= 0.6 is 11.8 Å². The molecular formula is C18H19N5O4S. The Morgan fingerprint density at radius 1 is 1.36 bits per heavy atom. The molecule has 146 valence electrons. The number of thioether (sulfide) groups is 1. The molecule has 2 heterocycles. The summed E-state index contributed by atoms with van der Waals surface area (Å²) < 4.78 is 8.71. The number of aryl methyl sites for hydroxylation is 1. The maximum absolute atomic E-state index is 12.1. The molecular weight excluding hydrogens is 382 g/mol. The van der Waals surface area contributed by atoms with Gasteiger partial charge < -0.3 is 8.98 Å². The number of nitrogens with zero attached hydrogens (tertiary/aromatic N) is 5. The highest BCUT2D eigenvalue weighted by Crippen LogP contribution is 2.40. The van der Waals surface area contributed by atoms with Gasteiger partial charge in [0, 0.05) is 36.9 Å². The molecule has 3 aromatic rings. The molecule has 0 radical (unpaired) electrons. The molecule has 1 aliphatic rings. The van der Waals surface area contributed by atoms with Gasteiger partial charge in [-0.2, -0.15) is 0 Å². The normalized spacial score (nSPS) is 13.9. The van der Waals surface area contributed by atoms with Crippen molar-refractivity contribution < 1.29 is 9.34 Å². The summed E-state index contributed by atoms with van der Waals surface area (Å²) in [6, 6.07) is 4.16. The van der Waals surface area contributed by atoms with Crippen molar-refractivity contribution in [2.45, 2.75) is 43.4 Å². The lowest BCUT2D eigenvalue weighted by molar-refractivity contribution is -0.384. The lowest BCUT2D eigenvalue weighted by atomic mass is 10.3. The molecule has 0 saturated heterocycles. The van der Waals surface area contributed by atoms with Crippen LogP contribution in [0.4, 0.5) is 5.69 Å². The summed E-state index contributed by atoms with van der Waals surface area (Å²) in [7, 11) is 0. The Labute approximate surface area is 164 Å². The van der Waals surface area contributed by atoms with Crippen molar-refractivity contribution in [3.63, 3.8) is 0 Å². The van der Waals surface area contributed by atoms with Crippen LogP contribution in [-0.4, -0.2) is 30.0 Å². The number of oxazole rings is 1. The first-order valence-electron chi connectivity index (χ1n) is 9.03. The van der Waals surface area contributed by atoms with E-state index in [9.17, 15) is 14.9 Å². The average molecular weight is 401 g/mol. The molecule has 0 spiro atoms. The third-order valence-corrected chi connectivity index (χ3v) is 5.67. The van der Waals surface area contributed by atoms with Crippen LogP contribution in [0, 0.1) is 10.1 Å². The van der Waals surface area contributed by atoms with Crippen LogP contribution in [0.5, 0.6) is 0 Å². The molecule has 0 N–H and O–H groups in total. The molecule has 1 saturated carbocycles. The van der Waals surface area contributed by atoms with Crippen molar-refractivity contribution in [1.82, 2.24) is 19.3 Å². The van der Waals surface area contributed by atoms with Crippen LogP contribution in [0.15, 0.2) is 45.2 Å². The highest BCUT2D eigenvalue weighted by Gasteiger charge is 2.30. The average Bonchev–Trinajstić information content (AvgIpc) is 3.37. The van der Waals surface area contributed by atoms with Crippen molar-refractivity contribution in [2.24, 2.45) is 0 Å². The van der Waals surface area contributed by atoms with Crippen molar-refractivity contribution in [1.29, 1.82) is 0 Å². The Morgan fingerprint density at radius 3 is 2.89 bits per heavy atom.